The van der Waals surface area contributed by atoms with Gasteiger partial charge in [-0.3, -0.25) is 9.89 Å². The Morgan fingerprint density at radius 2 is 2.28 bits per heavy atom. The van der Waals surface area contributed by atoms with Gasteiger partial charge in [0.25, 0.3) is 5.91 Å². The first kappa shape index (κ1) is 12.9. The lowest BCUT2D eigenvalue weighted by atomic mass is 9.77. The van der Waals surface area contributed by atoms with E-state index in [0.717, 1.165) is 25.0 Å². The van der Waals surface area contributed by atoms with Crippen LogP contribution in [0, 0.1) is 0 Å². The number of nitrogens with zero attached hydrogens (tertiary/aromatic N) is 1. The summed E-state index contributed by atoms with van der Waals surface area (Å²) in [5, 5.41) is 18.9. The molecule has 5 N–H and O–H groups in total. The molecule has 1 heterocycles. The molecule has 100 valence electrons. The first-order chi connectivity index (χ1) is 8.49. The summed E-state index contributed by atoms with van der Waals surface area (Å²) in [5.41, 5.74) is 6.83. The van der Waals surface area contributed by atoms with Crippen LogP contribution in [0.15, 0.2) is 0 Å². The summed E-state index contributed by atoms with van der Waals surface area (Å²) < 4.78 is 0. The molecule has 0 saturated heterocycles. The van der Waals surface area contributed by atoms with Gasteiger partial charge in [-0.1, -0.05) is 13.8 Å². The van der Waals surface area contributed by atoms with E-state index in [1.54, 1.807) is 0 Å². The standard InChI is InChI=1S/C12H20N4O2/c1-7(2)9-8(13)10(16-15-9)11(18)14-12(6-17)4-3-5-12/h7,17H,3-6,13H2,1-2H3,(H,14,18)(H,15,16). The van der Waals surface area contributed by atoms with E-state index in [-0.39, 0.29) is 24.1 Å². The molecule has 2 rings (SSSR count). The third kappa shape index (κ3) is 2.08. The lowest BCUT2D eigenvalue weighted by Gasteiger charge is -2.40. The summed E-state index contributed by atoms with van der Waals surface area (Å²) in [5.74, 6) is -0.126. The smallest absolute Gasteiger partial charge is 0.274 e. The molecule has 0 unspecified atom stereocenters. The van der Waals surface area contributed by atoms with Crippen LogP contribution in [0.3, 0.4) is 0 Å². The number of hydrogen-bond acceptors (Lipinski definition) is 4. The monoisotopic (exact) mass is 252 g/mol. The van der Waals surface area contributed by atoms with Crippen LogP contribution >= 0.6 is 0 Å². The Balaban J connectivity index is 2.14. The maximum atomic E-state index is 12.1. The van der Waals surface area contributed by atoms with Crippen molar-refractivity contribution in [2.24, 2.45) is 0 Å². The van der Waals surface area contributed by atoms with Gasteiger partial charge >= 0.3 is 0 Å². The van der Waals surface area contributed by atoms with Crippen molar-refractivity contribution in [1.29, 1.82) is 0 Å². The number of nitrogens with one attached hydrogen (secondary N) is 2. The molecule has 1 fully saturated rings. The molecule has 1 aromatic rings. The molecular formula is C12H20N4O2. The first-order valence-corrected chi connectivity index (χ1v) is 6.26. The third-order valence-corrected chi connectivity index (χ3v) is 3.62. The number of aromatic nitrogens is 2. The van der Waals surface area contributed by atoms with Gasteiger partial charge < -0.3 is 16.2 Å². The minimum Gasteiger partial charge on any atom is -0.395 e. The number of carbonyl (C=O) groups excluding carboxylic acids is 1. The molecule has 0 radical (unpaired) electrons. The Bertz CT molecular complexity index is 443. The molecule has 1 aliphatic rings. The highest BCUT2D eigenvalue weighted by Gasteiger charge is 2.38. The van der Waals surface area contributed by atoms with Crippen LogP contribution in [0.1, 0.15) is 55.2 Å². The molecule has 0 aromatic carbocycles. The number of nitrogen functional groups attached to an aromatic ring is 1. The van der Waals surface area contributed by atoms with Crippen LogP contribution in [-0.4, -0.2) is 33.4 Å². The van der Waals surface area contributed by atoms with Crippen LogP contribution in [0.25, 0.3) is 0 Å². The largest absolute Gasteiger partial charge is 0.395 e. The lowest BCUT2D eigenvalue weighted by molar-refractivity contribution is 0.0638. The number of nitrogens with two attached hydrogens (primary N) is 1. The van der Waals surface area contributed by atoms with Gasteiger partial charge in [0.1, 0.15) is 0 Å². The van der Waals surface area contributed by atoms with Crippen LogP contribution in [0.4, 0.5) is 5.69 Å². The second-order valence-electron chi connectivity index (χ2n) is 5.30. The molecule has 1 amide bonds. The maximum Gasteiger partial charge on any atom is 0.274 e. The molecule has 0 bridgehead atoms. The molecule has 1 saturated carbocycles. The maximum absolute atomic E-state index is 12.1. The minimum absolute atomic E-state index is 0.0416. The molecular weight excluding hydrogens is 232 g/mol. The number of hydrogen-bond donors (Lipinski definition) is 4. The molecule has 6 nitrogen and oxygen atoms in total. The number of rotatable bonds is 4. The van der Waals surface area contributed by atoms with Crippen molar-refractivity contribution in [3.05, 3.63) is 11.4 Å². The van der Waals surface area contributed by atoms with Crippen molar-refractivity contribution in [3.8, 4) is 0 Å². The van der Waals surface area contributed by atoms with E-state index < -0.39 is 5.54 Å². The van der Waals surface area contributed by atoms with Gasteiger partial charge in [-0.2, -0.15) is 5.10 Å². The summed E-state index contributed by atoms with van der Waals surface area (Å²) >= 11 is 0. The number of aliphatic hydroxyl groups excluding tert-OH is 1. The number of aromatic amines is 1. The van der Waals surface area contributed by atoms with E-state index >= 15 is 0 Å². The number of amides is 1. The van der Waals surface area contributed by atoms with E-state index in [2.05, 4.69) is 15.5 Å². The molecule has 0 aliphatic heterocycles. The number of carbonyl (C=O) groups is 1. The van der Waals surface area contributed by atoms with E-state index in [9.17, 15) is 9.90 Å². The van der Waals surface area contributed by atoms with E-state index in [1.807, 2.05) is 13.8 Å². The summed E-state index contributed by atoms with van der Waals surface area (Å²) in [6.07, 6.45) is 2.63. The van der Waals surface area contributed by atoms with Gasteiger partial charge in [-0.25, -0.2) is 0 Å². The summed E-state index contributed by atoms with van der Waals surface area (Å²) in [6.45, 7) is 3.92. The van der Waals surface area contributed by atoms with Crippen LogP contribution in [0.5, 0.6) is 0 Å². The number of H-pyrrole nitrogens is 1. The predicted octanol–water partition coefficient (Wildman–Crippen LogP) is 0.760. The fourth-order valence-electron chi connectivity index (χ4n) is 2.20. The van der Waals surface area contributed by atoms with Crippen LogP contribution in [-0.2, 0) is 0 Å². The highest BCUT2D eigenvalue weighted by Crippen LogP contribution is 2.32. The van der Waals surface area contributed by atoms with E-state index in [1.165, 1.54) is 0 Å². The molecule has 0 spiro atoms. The fourth-order valence-corrected chi connectivity index (χ4v) is 2.20. The van der Waals surface area contributed by atoms with E-state index in [4.69, 9.17) is 5.73 Å². The minimum atomic E-state index is -0.472. The first-order valence-electron chi connectivity index (χ1n) is 6.26. The summed E-state index contributed by atoms with van der Waals surface area (Å²) in [7, 11) is 0. The van der Waals surface area contributed by atoms with Crippen molar-refractivity contribution < 1.29 is 9.90 Å². The SMILES string of the molecule is CC(C)c1[nH]nc(C(=O)NC2(CO)CCC2)c1N. The average Bonchev–Trinajstić information content (AvgIpc) is 2.65. The van der Waals surface area contributed by atoms with Gasteiger partial charge in [0.2, 0.25) is 0 Å². The highest BCUT2D eigenvalue weighted by molar-refractivity contribution is 5.98. The zero-order valence-corrected chi connectivity index (χ0v) is 10.8. The number of anilines is 1. The topological polar surface area (TPSA) is 104 Å². The van der Waals surface area contributed by atoms with Gasteiger partial charge in [0, 0.05) is 0 Å². The van der Waals surface area contributed by atoms with Crippen molar-refractivity contribution in [2.45, 2.75) is 44.6 Å². The van der Waals surface area contributed by atoms with E-state index in [0.29, 0.717) is 5.69 Å². The van der Waals surface area contributed by atoms with Crippen molar-refractivity contribution in [2.75, 3.05) is 12.3 Å². The average molecular weight is 252 g/mol. The van der Waals surface area contributed by atoms with Crippen LogP contribution in [0.2, 0.25) is 0 Å². The molecule has 0 atom stereocenters. The molecule has 1 aromatic heterocycles. The Hall–Kier alpha value is -1.56. The molecule has 18 heavy (non-hydrogen) atoms. The normalized spacial score (nSPS) is 17.6. The summed E-state index contributed by atoms with van der Waals surface area (Å²) in [6, 6.07) is 0. The Labute approximate surface area is 106 Å². The Morgan fingerprint density at radius 1 is 1.61 bits per heavy atom. The third-order valence-electron chi connectivity index (χ3n) is 3.62. The van der Waals surface area contributed by atoms with Crippen molar-refractivity contribution in [1.82, 2.24) is 15.5 Å². The zero-order chi connectivity index (χ0) is 13.3. The van der Waals surface area contributed by atoms with Gasteiger partial charge in [0.15, 0.2) is 5.69 Å². The predicted molar refractivity (Wildman–Crippen MR) is 68.2 cm³/mol. The molecule has 1 aliphatic carbocycles. The second kappa shape index (κ2) is 4.61. The summed E-state index contributed by atoms with van der Waals surface area (Å²) in [4.78, 5) is 12.1. The van der Waals surface area contributed by atoms with Crippen molar-refractivity contribution in [3.63, 3.8) is 0 Å². The van der Waals surface area contributed by atoms with Crippen molar-refractivity contribution >= 4 is 11.6 Å². The second-order valence-corrected chi connectivity index (χ2v) is 5.30. The highest BCUT2D eigenvalue weighted by atomic mass is 16.3. The van der Waals surface area contributed by atoms with Crippen LogP contribution < -0.4 is 11.1 Å². The van der Waals surface area contributed by atoms with Gasteiger partial charge in [-0.05, 0) is 25.2 Å². The van der Waals surface area contributed by atoms with Gasteiger partial charge in [0.05, 0.1) is 23.5 Å². The Morgan fingerprint density at radius 3 is 2.67 bits per heavy atom. The fraction of sp³-hybridized carbons (Fsp3) is 0.667. The Kier molecular flexibility index (Phi) is 3.30. The quantitative estimate of drug-likeness (QED) is 0.635. The molecule has 6 heteroatoms. The van der Waals surface area contributed by atoms with Gasteiger partial charge in [-0.15, -0.1) is 0 Å². The number of aliphatic hydroxyl groups is 1. The zero-order valence-electron chi connectivity index (χ0n) is 10.8. The lowest BCUT2D eigenvalue weighted by Crippen LogP contribution is -2.56.